The predicted molar refractivity (Wildman–Crippen MR) is 112 cm³/mol. The highest BCUT2D eigenvalue weighted by molar-refractivity contribution is 5.79. The predicted octanol–water partition coefficient (Wildman–Crippen LogP) is 5.74. The standard InChI is InChI=1S/C25H28O3/c1-3-16-25(17-15-19-11-7-5-8-12-19)18-22(26)23(24(27)28-25)21(4-2)20-13-9-6-10-14-20/h3,5-14,16,18,21,23,26H,4,15,17H2,1-2H3/b16-3+/t21-,23?,25+/m0/s1. The molecule has 0 radical (unpaired) electrons. The van der Waals surface area contributed by atoms with Gasteiger partial charge in [-0.25, -0.2) is 0 Å². The first-order chi connectivity index (χ1) is 13.6. The van der Waals surface area contributed by atoms with Gasteiger partial charge in [-0.3, -0.25) is 4.79 Å². The van der Waals surface area contributed by atoms with Gasteiger partial charge >= 0.3 is 5.97 Å². The summed E-state index contributed by atoms with van der Waals surface area (Å²) < 4.78 is 5.96. The van der Waals surface area contributed by atoms with E-state index in [2.05, 4.69) is 12.1 Å². The molecule has 0 bridgehead atoms. The molecule has 2 aromatic carbocycles. The summed E-state index contributed by atoms with van der Waals surface area (Å²) in [6.45, 7) is 3.93. The molecule has 0 aromatic heterocycles. The van der Waals surface area contributed by atoms with E-state index >= 15 is 0 Å². The van der Waals surface area contributed by atoms with Crippen molar-refractivity contribution in [2.75, 3.05) is 0 Å². The van der Waals surface area contributed by atoms with Gasteiger partial charge in [-0.05, 0) is 43.4 Å². The fourth-order valence-corrected chi connectivity index (χ4v) is 4.03. The highest BCUT2D eigenvalue weighted by atomic mass is 16.6. The lowest BCUT2D eigenvalue weighted by molar-refractivity contribution is -0.160. The van der Waals surface area contributed by atoms with Gasteiger partial charge in [0.05, 0.1) is 0 Å². The molecule has 1 aliphatic heterocycles. The van der Waals surface area contributed by atoms with E-state index in [0.29, 0.717) is 6.42 Å². The van der Waals surface area contributed by atoms with Gasteiger partial charge in [-0.2, -0.15) is 0 Å². The van der Waals surface area contributed by atoms with Crippen LogP contribution < -0.4 is 0 Å². The number of aliphatic hydroxyl groups is 1. The summed E-state index contributed by atoms with van der Waals surface area (Å²) in [5, 5.41) is 10.9. The average molecular weight is 376 g/mol. The van der Waals surface area contributed by atoms with Crippen LogP contribution in [0, 0.1) is 5.92 Å². The molecule has 28 heavy (non-hydrogen) atoms. The molecule has 3 heteroatoms. The maximum atomic E-state index is 13.0. The van der Waals surface area contributed by atoms with E-state index in [1.54, 1.807) is 6.08 Å². The maximum absolute atomic E-state index is 13.0. The van der Waals surface area contributed by atoms with Crippen LogP contribution in [0.5, 0.6) is 0 Å². The smallest absolute Gasteiger partial charge is 0.318 e. The van der Waals surface area contributed by atoms with E-state index < -0.39 is 11.5 Å². The van der Waals surface area contributed by atoms with Gasteiger partial charge in [0.15, 0.2) is 5.60 Å². The molecule has 146 valence electrons. The minimum atomic E-state index is -0.906. The molecule has 0 spiro atoms. The lowest BCUT2D eigenvalue weighted by atomic mass is 9.79. The van der Waals surface area contributed by atoms with Crippen molar-refractivity contribution in [3.63, 3.8) is 0 Å². The number of hydrogen-bond acceptors (Lipinski definition) is 3. The number of carbonyl (C=O) groups excluding carboxylic acids is 1. The van der Waals surface area contributed by atoms with Crippen LogP contribution >= 0.6 is 0 Å². The summed E-state index contributed by atoms with van der Waals surface area (Å²) in [6.07, 6.45) is 7.55. The second-order valence-electron chi connectivity index (χ2n) is 7.33. The van der Waals surface area contributed by atoms with Crippen molar-refractivity contribution in [2.24, 2.45) is 5.92 Å². The second-order valence-corrected chi connectivity index (χ2v) is 7.33. The molecule has 0 fully saturated rings. The molecular formula is C25H28O3. The van der Waals surface area contributed by atoms with Crippen LogP contribution in [0.1, 0.15) is 43.7 Å². The first kappa shape index (κ1) is 19.9. The van der Waals surface area contributed by atoms with Crippen molar-refractivity contribution >= 4 is 5.97 Å². The van der Waals surface area contributed by atoms with Crippen molar-refractivity contribution in [3.8, 4) is 0 Å². The number of esters is 1. The second kappa shape index (κ2) is 8.92. The van der Waals surface area contributed by atoms with Gasteiger partial charge in [-0.15, -0.1) is 0 Å². The molecular weight excluding hydrogens is 348 g/mol. The summed E-state index contributed by atoms with van der Waals surface area (Å²) >= 11 is 0. The first-order valence-corrected chi connectivity index (χ1v) is 9.96. The van der Waals surface area contributed by atoms with E-state index in [-0.39, 0.29) is 17.6 Å². The molecule has 1 unspecified atom stereocenters. The third-order valence-corrected chi connectivity index (χ3v) is 5.42. The fourth-order valence-electron chi connectivity index (χ4n) is 4.03. The van der Waals surface area contributed by atoms with Crippen LogP contribution in [0.15, 0.2) is 84.7 Å². The Morgan fingerprint density at radius 3 is 2.32 bits per heavy atom. The van der Waals surface area contributed by atoms with Crippen molar-refractivity contribution < 1.29 is 14.6 Å². The molecule has 0 saturated heterocycles. The van der Waals surface area contributed by atoms with Crippen molar-refractivity contribution in [1.82, 2.24) is 0 Å². The summed E-state index contributed by atoms with van der Waals surface area (Å²) in [4.78, 5) is 13.0. The Balaban J connectivity index is 1.88. The first-order valence-electron chi connectivity index (χ1n) is 9.96. The SMILES string of the molecule is C/C=C/[C@@]1(CCc2ccccc2)C=C(O)C([C@@H](CC)c2ccccc2)C(=O)O1. The Morgan fingerprint density at radius 2 is 1.75 bits per heavy atom. The summed E-state index contributed by atoms with van der Waals surface area (Å²) in [5.41, 5.74) is 1.31. The third kappa shape index (κ3) is 4.36. The molecule has 0 aliphatic carbocycles. The van der Waals surface area contributed by atoms with E-state index in [9.17, 15) is 9.90 Å². The summed E-state index contributed by atoms with van der Waals surface area (Å²) in [5.74, 6) is -1.02. The van der Waals surface area contributed by atoms with Gasteiger partial charge < -0.3 is 9.84 Å². The van der Waals surface area contributed by atoms with Crippen LogP contribution in [0.3, 0.4) is 0 Å². The monoisotopic (exact) mass is 376 g/mol. The minimum absolute atomic E-state index is 0.109. The van der Waals surface area contributed by atoms with Crippen LogP contribution in [-0.4, -0.2) is 16.7 Å². The number of allylic oxidation sites excluding steroid dienone is 1. The highest BCUT2D eigenvalue weighted by Gasteiger charge is 2.43. The molecule has 0 amide bonds. The Hall–Kier alpha value is -2.81. The lowest BCUT2D eigenvalue weighted by Gasteiger charge is -2.37. The summed E-state index contributed by atoms with van der Waals surface area (Å²) in [6, 6.07) is 20.0. The molecule has 2 aromatic rings. The number of rotatable bonds is 7. The number of hydrogen-bond donors (Lipinski definition) is 1. The van der Waals surface area contributed by atoms with Gasteiger partial charge in [0.25, 0.3) is 0 Å². The third-order valence-electron chi connectivity index (χ3n) is 5.42. The number of ether oxygens (including phenoxy) is 1. The zero-order valence-electron chi connectivity index (χ0n) is 16.5. The Kier molecular flexibility index (Phi) is 6.35. The quantitative estimate of drug-likeness (QED) is 0.495. The maximum Gasteiger partial charge on any atom is 0.318 e. The number of benzene rings is 2. The van der Waals surface area contributed by atoms with E-state index in [0.717, 1.165) is 18.4 Å². The van der Waals surface area contributed by atoms with Gasteiger partial charge in [0.1, 0.15) is 11.7 Å². The van der Waals surface area contributed by atoms with E-state index in [1.807, 2.05) is 74.5 Å². The lowest BCUT2D eigenvalue weighted by Crippen LogP contribution is -2.42. The van der Waals surface area contributed by atoms with Crippen molar-refractivity contribution in [3.05, 3.63) is 95.8 Å². The normalized spacial score (nSPS) is 23.3. The Morgan fingerprint density at radius 1 is 1.11 bits per heavy atom. The largest absolute Gasteiger partial charge is 0.512 e. The van der Waals surface area contributed by atoms with Crippen LogP contribution in [0.4, 0.5) is 0 Å². The molecule has 3 rings (SSSR count). The fraction of sp³-hybridized carbons (Fsp3) is 0.320. The number of cyclic esters (lactones) is 1. The zero-order valence-corrected chi connectivity index (χ0v) is 16.5. The molecule has 1 aliphatic rings. The highest BCUT2D eigenvalue weighted by Crippen LogP contribution is 2.40. The number of carbonyl (C=O) groups is 1. The van der Waals surface area contributed by atoms with E-state index in [4.69, 9.17) is 4.74 Å². The molecule has 3 nitrogen and oxygen atoms in total. The molecule has 0 saturated carbocycles. The van der Waals surface area contributed by atoms with Crippen LogP contribution in [0.25, 0.3) is 0 Å². The van der Waals surface area contributed by atoms with Crippen molar-refractivity contribution in [1.29, 1.82) is 0 Å². The Bertz CT molecular complexity index is 839. The van der Waals surface area contributed by atoms with Crippen molar-refractivity contribution in [2.45, 2.75) is 44.6 Å². The summed E-state index contributed by atoms with van der Waals surface area (Å²) in [7, 11) is 0. The van der Waals surface area contributed by atoms with Crippen LogP contribution in [-0.2, 0) is 16.0 Å². The average Bonchev–Trinajstić information content (AvgIpc) is 2.71. The molecule has 3 atom stereocenters. The topological polar surface area (TPSA) is 46.5 Å². The van der Waals surface area contributed by atoms with Gasteiger partial charge in [0, 0.05) is 12.0 Å². The number of aliphatic hydroxyl groups excluding tert-OH is 1. The zero-order chi connectivity index (χ0) is 20.0. The minimum Gasteiger partial charge on any atom is -0.512 e. The van der Waals surface area contributed by atoms with Crippen LogP contribution in [0.2, 0.25) is 0 Å². The molecule has 1 heterocycles. The van der Waals surface area contributed by atoms with Gasteiger partial charge in [-0.1, -0.05) is 73.7 Å². The molecule has 1 N–H and O–H groups in total. The number of aryl methyl sites for hydroxylation is 1. The van der Waals surface area contributed by atoms with Gasteiger partial charge in [0.2, 0.25) is 0 Å². The Labute approximate surface area is 167 Å². The van der Waals surface area contributed by atoms with E-state index in [1.165, 1.54) is 5.56 Å².